The van der Waals surface area contributed by atoms with Crippen LogP contribution in [0.15, 0.2) is 211 Å². The topological polar surface area (TPSA) is 23.0 Å². The Bertz CT molecular complexity index is 3490. The third-order valence-electron chi connectivity index (χ3n) is 11.8. The van der Waals surface area contributed by atoms with Crippen LogP contribution in [0.4, 0.5) is 0 Å². The number of hydrogen-bond donors (Lipinski definition) is 0. The van der Waals surface area contributed by atoms with Gasteiger partial charge in [-0.2, -0.15) is 0 Å². The average molecular weight is 727 g/mol. The van der Waals surface area contributed by atoms with Gasteiger partial charge in [0.1, 0.15) is 11.2 Å². The molecule has 0 saturated carbocycles. The molecule has 0 saturated heterocycles. The summed E-state index contributed by atoms with van der Waals surface area (Å²) in [5.41, 5.74) is 16.0. The fourth-order valence-electron chi connectivity index (χ4n) is 9.22. The van der Waals surface area contributed by atoms with Crippen LogP contribution in [0.5, 0.6) is 0 Å². The number of rotatable bonds is 5. The van der Waals surface area contributed by atoms with Crippen LogP contribution >= 0.6 is 0 Å². The average Bonchev–Trinajstić information content (AvgIpc) is 3.95. The minimum absolute atomic E-state index is 0.916. The van der Waals surface area contributed by atoms with Gasteiger partial charge in [-0.1, -0.05) is 158 Å². The van der Waals surface area contributed by atoms with Crippen molar-refractivity contribution in [3.63, 3.8) is 0 Å². The van der Waals surface area contributed by atoms with Gasteiger partial charge in [-0.25, -0.2) is 0 Å². The van der Waals surface area contributed by atoms with E-state index >= 15 is 0 Å². The standard InChI is InChI=1S/C54H34N2O/c1-2-13-38(14-3-1)55-49-24-8-5-17-47(49)52-43(19-12-25-50(52)55)45-21-11-20-44-41-15-4-7-23-48(41)56(53(44)45)39-33-31-36(32-34-39)35-27-29-37(30-28-35)40-18-10-22-46-42-16-6-9-26-51(42)57-54(40)46/h1-34H. The van der Waals surface area contributed by atoms with Crippen LogP contribution in [-0.4, -0.2) is 9.13 Å². The summed E-state index contributed by atoms with van der Waals surface area (Å²) in [5.74, 6) is 0. The van der Waals surface area contributed by atoms with Gasteiger partial charge in [-0.3, -0.25) is 0 Å². The predicted octanol–water partition coefficient (Wildman–Crippen LogP) is 14.8. The normalized spacial score (nSPS) is 11.9. The van der Waals surface area contributed by atoms with Gasteiger partial charge in [0.15, 0.2) is 0 Å². The molecule has 0 spiro atoms. The SMILES string of the molecule is c1ccc(-n2c3ccccc3c3c(-c4cccc5c6ccccc6n(-c6ccc(-c7ccc(-c8cccc9c8oc8ccccc89)cc7)cc6)c45)cccc32)cc1. The van der Waals surface area contributed by atoms with Crippen molar-refractivity contribution in [2.24, 2.45) is 0 Å². The zero-order valence-corrected chi connectivity index (χ0v) is 30.9. The highest BCUT2D eigenvalue weighted by atomic mass is 16.3. The van der Waals surface area contributed by atoms with Crippen molar-refractivity contribution in [1.82, 2.24) is 9.13 Å². The van der Waals surface area contributed by atoms with E-state index in [4.69, 9.17) is 4.42 Å². The Balaban J connectivity index is 0.994. The Morgan fingerprint density at radius 1 is 0.298 bits per heavy atom. The van der Waals surface area contributed by atoms with Crippen molar-refractivity contribution in [2.75, 3.05) is 0 Å². The largest absolute Gasteiger partial charge is 0.455 e. The molecule has 0 radical (unpaired) electrons. The van der Waals surface area contributed by atoms with Crippen LogP contribution in [0.1, 0.15) is 0 Å². The molecule has 0 amide bonds. The summed E-state index contributed by atoms with van der Waals surface area (Å²) >= 11 is 0. The van der Waals surface area contributed by atoms with Gasteiger partial charge in [-0.15, -0.1) is 0 Å². The lowest BCUT2D eigenvalue weighted by Crippen LogP contribution is -1.96. The van der Waals surface area contributed by atoms with Crippen LogP contribution in [0.2, 0.25) is 0 Å². The number of hydrogen-bond acceptors (Lipinski definition) is 1. The molecular formula is C54H34N2O. The van der Waals surface area contributed by atoms with Gasteiger partial charge in [0.05, 0.1) is 22.1 Å². The van der Waals surface area contributed by atoms with Crippen LogP contribution < -0.4 is 0 Å². The van der Waals surface area contributed by atoms with Gasteiger partial charge in [-0.05, 0) is 70.8 Å². The highest BCUT2D eigenvalue weighted by molar-refractivity contribution is 6.20. The molecule has 0 aliphatic heterocycles. The first-order valence-electron chi connectivity index (χ1n) is 19.5. The first kappa shape index (κ1) is 31.7. The molecule has 0 N–H and O–H groups in total. The monoisotopic (exact) mass is 726 g/mol. The Morgan fingerprint density at radius 3 is 1.61 bits per heavy atom. The molecule has 12 rings (SSSR count). The highest BCUT2D eigenvalue weighted by Gasteiger charge is 2.21. The summed E-state index contributed by atoms with van der Waals surface area (Å²) in [4.78, 5) is 0. The third-order valence-corrected chi connectivity index (χ3v) is 11.8. The lowest BCUT2D eigenvalue weighted by atomic mass is 9.97. The summed E-state index contributed by atoms with van der Waals surface area (Å²) < 4.78 is 11.2. The molecule has 3 heterocycles. The summed E-state index contributed by atoms with van der Waals surface area (Å²) in [6, 6.07) is 74.4. The van der Waals surface area contributed by atoms with Gasteiger partial charge in [0.25, 0.3) is 0 Å². The molecule has 0 aliphatic rings. The first-order chi connectivity index (χ1) is 28.3. The van der Waals surface area contributed by atoms with Crippen LogP contribution in [0, 0.1) is 0 Å². The molecule has 57 heavy (non-hydrogen) atoms. The number of nitrogens with zero attached hydrogens (tertiary/aromatic N) is 2. The minimum Gasteiger partial charge on any atom is -0.455 e. The summed E-state index contributed by atoms with van der Waals surface area (Å²) in [6.07, 6.45) is 0. The lowest BCUT2D eigenvalue weighted by molar-refractivity contribution is 0.670. The molecule has 0 atom stereocenters. The Hall–Kier alpha value is -7.62. The van der Waals surface area contributed by atoms with E-state index in [1.807, 2.05) is 12.1 Å². The van der Waals surface area contributed by atoms with E-state index in [2.05, 4.69) is 203 Å². The van der Waals surface area contributed by atoms with Crippen molar-refractivity contribution in [1.29, 1.82) is 0 Å². The van der Waals surface area contributed by atoms with Crippen LogP contribution in [0.25, 0.3) is 110 Å². The number of aromatic nitrogens is 2. The van der Waals surface area contributed by atoms with Crippen molar-refractivity contribution < 1.29 is 4.42 Å². The van der Waals surface area contributed by atoms with E-state index in [-0.39, 0.29) is 0 Å². The minimum atomic E-state index is 0.916. The molecule has 0 bridgehead atoms. The maximum Gasteiger partial charge on any atom is 0.143 e. The molecule has 12 aromatic rings. The van der Waals surface area contributed by atoms with E-state index < -0.39 is 0 Å². The lowest BCUT2D eigenvalue weighted by Gasteiger charge is -2.14. The van der Waals surface area contributed by atoms with Gasteiger partial charge in [0.2, 0.25) is 0 Å². The summed E-state index contributed by atoms with van der Waals surface area (Å²) in [5, 5.41) is 7.28. The zero-order valence-electron chi connectivity index (χ0n) is 30.9. The van der Waals surface area contributed by atoms with Gasteiger partial charge in [0, 0.05) is 54.8 Å². The molecule has 0 unspecified atom stereocenters. The molecule has 9 aromatic carbocycles. The summed E-state index contributed by atoms with van der Waals surface area (Å²) in [7, 11) is 0. The van der Waals surface area contributed by atoms with E-state index in [1.54, 1.807) is 0 Å². The van der Waals surface area contributed by atoms with Crippen molar-refractivity contribution >= 4 is 65.6 Å². The second kappa shape index (κ2) is 12.5. The second-order valence-electron chi connectivity index (χ2n) is 14.8. The first-order valence-corrected chi connectivity index (χ1v) is 19.5. The highest BCUT2D eigenvalue weighted by Crippen LogP contribution is 2.44. The zero-order chi connectivity index (χ0) is 37.5. The Morgan fingerprint density at radius 2 is 0.825 bits per heavy atom. The number of furan rings is 1. The van der Waals surface area contributed by atoms with Crippen LogP contribution in [0.3, 0.4) is 0 Å². The summed E-state index contributed by atoms with van der Waals surface area (Å²) in [6.45, 7) is 0. The predicted molar refractivity (Wildman–Crippen MR) is 239 cm³/mol. The quantitative estimate of drug-likeness (QED) is 0.173. The number of fused-ring (bicyclic) bond motifs is 9. The number of para-hydroxylation sites is 6. The van der Waals surface area contributed by atoms with Gasteiger partial charge < -0.3 is 13.6 Å². The molecular weight excluding hydrogens is 693 g/mol. The number of benzene rings is 9. The Labute approximate surface area is 328 Å². The van der Waals surface area contributed by atoms with Crippen LogP contribution in [-0.2, 0) is 0 Å². The Kier molecular flexibility index (Phi) is 6.93. The molecule has 3 heteroatoms. The molecule has 0 aliphatic carbocycles. The van der Waals surface area contributed by atoms with E-state index in [1.165, 1.54) is 65.9 Å². The molecule has 0 fully saturated rings. The van der Waals surface area contributed by atoms with E-state index in [9.17, 15) is 0 Å². The fraction of sp³-hybridized carbons (Fsp3) is 0. The maximum atomic E-state index is 6.35. The van der Waals surface area contributed by atoms with Gasteiger partial charge >= 0.3 is 0 Å². The van der Waals surface area contributed by atoms with Crippen molar-refractivity contribution in [3.8, 4) is 44.8 Å². The molecule has 266 valence electrons. The maximum absolute atomic E-state index is 6.35. The van der Waals surface area contributed by atoms with E-state index in [0.29, 0.717) is 0 Å². The molecule has 3 nitrogen and oxygen atoms in total. The van der Waals surface area contributed by atoms with Crippen molar-refractivity contribution in [2.45, 2.75) is 0 Å². The fourth-order valence-corrected chi connectivity index (χ4v) is 9.22. The van der Waals surface area contributed by atoms with E-state index in [0.717, 1.165) is 44.4 Å². The molecule has 3 aromatic heterocycles. The second-order valence-corrected chi connectivity index (χ2v) is 14.8. The smallest absolute Gasteiger partial charge is 0.143 e. The van der Waals surface area contributed by atoms with Crippen molar-refractivity contribution in [3.05, 3.63) is 206 Å². The third kappa shape index (κ3) is 4.79.